The second-order valence-electron chi connectivity index (χ2n) is 3.00. The predicted octanol–water partition coefficient (Wildman–Crippen LogP) is 2.75. The third-order valence-corrected chi connectivity index (χ3v) is 2.47. The van der Waals surface area contributed by atoms with Gasteiger partial charge >= 0.3 is 0 Å². The van der Waals surface area contributed by atoms with E-state index in [0.717, 1.165) is 5.69 Å². The van der Waals surface area contributed by atoms with Crippen LogP contribution in [0.1, 0.15) is 0 Å². The highest BCUT2D eigenvalue weighted by molar-refractivity contribution is 6.31. The van der Waals surface area contributed by atoms with E-state index in [4.69, 9.17) is 23.2 Å². The molecule has 0 aliphatic rings. The number of anilines is 1. The topological polar surface area (TPSA) is 46.9 Å². The second-order valence-corrected chi connectivity index (χ2v) is 3.83. The molecule has 16 heavy (non-hydrogen) atoms. The second kappa shape index (κ2) is 4.55. The van der Waals surface area contributed by atoms with E-state index in [-0.39, 0.29) is 0 Å². The van der Waals surface area contributed by atoms with E-state index in [1.807, 2.05) is 0 Å². The number of nitrogens with zero attached hydrogens (tertiary/aromatic N) is 2. The van der Waals surface area contributed by atoms with Crippen LogP contribution < -0.4 is 5.32 Å². The van der Waals surface area contributed by atoms with Crippen molar-refractivity contribution in [3.05, 3.63) is 40.5 Å². The molecule has 1 N–H and O–H groups in total. The van der Waals surface area contributed by atoms with Gasteiger partial charge in [-0.2, -0.15) is 0 Å². The van der Waals surface area contributed by atoms with Crippen LogP contribution in [0.3, 0.4) is 0 Å². The monoisotopic (exact) mass is 255 g/mol. The number of nitrogens with one attached hydrogen (secondary N) is 1. The number of benzene rings is 1. The summed E-state index contributed by atoms with van der Waals surface area (Å²) in [4.78, 5) is 10.3. The summed E-state index contributed by atoms with van der Waals surface area (Å²) < 4.78 is 1.50. The third-order valence-electron chi connectivity index (χ3n) is 1.94. The maximum atomic E-state index is 10.3. The minimum absolute atomic E-state index is 0.398. The van der Waals surface area contributed by atoms with Gasteiger partial charge < -0.3 is 5.32 Å². The molecule has 0 saturated carbocycles. The van der Waals surface area contributed by atoms with Gasteiger partial charge in [0.05, 0.1) is 5.69 Å². The molecule has 6 heteroatoms. The molecule has 1 amide bonds. The van der Waals surface area contributed by atoms with Crippen molar-refractivity contribution in [2.45, 2.75) is 0 Å². The van der Waals surface area contributed by atoms with Gasteiger partial charge in [-0.05, 0) is 24.3 Å². The number of hydrogen-bond acceptors (Lipinski definition) is 2. The predicted molar refractivity (Wildman–Crippen MR) is 63.3 cm³/mol. The van der Waals surface area contributed by atoms with Crippen LogP contribution in [0.25, 0.3) is 5.69 Å². The van der Waals surface area contributed by atoms with Crippen molar-refractivity contribution in [1.29, 1.82) is 0 Å². The highest BCUT2D eigenvalue weighted by Gasteiger charge is 2.06. The molecular formula is C10H7Cl2N3O. The summed E-state index contributed by atoms with van der Waals surface area (Å²) in [6, 6.07) is 8.60. The molecule has 1 aromatic carbocycles. The third kappa shape index (κ3) is 2.18. The summed E-state index contributed by atoms with van der Waals surface area (Å²) in [6.07, 6.45) is 0.546. The highest BCUT2D eigenvalue weighted by Crippen LogP contribution is 2.20. The number of rotatable bonds is 3. The van der Waals surface area contributed by atoms with Crippen LogP contribution in [-0.4, -0.2) is 16.2 Å². The van der Waals surface area contributed by atoms with Crippen LogP contribution in [0.4, 0.5) is 5.82 Å². The van der Waals surface area contributed by atoms with Gasteiger partial charge in [-0.1, -0.05) is 23.2 Å². The molecule has 0 unspecified atom stereocenters. The molecule has 2 aromatic rings. The summed E-state index contributed by atoms with van der Waals surface area (Å²) in [5.74, 6) is 0.398. The van der Waals surface area contributed by atoms with Gasteiger partial charge in [-0.3, -0.25) is 4.79 Å². The van der Waals surface area contributed by atoms with Crippen LogP contribution in [0.15, 0.2) is 30.3 Å². The Hall–Kier alpha value is -1.52. The molecule has 0 aliphatic heterocycles. The van der Waals surface area contributed by atoms with Crippen LogP contribution in [-0.2, 0) is 4.79 Å². The minimum Gasteiger partial charge on any atom is -0.312 e. The van der Waals surface area contributed by atoms with Crippen molar-refractivity contribution in [3.8, 4) is 5.69 Å². The quantitative estimate of drug-likeness (QED) is 0.858. The summed E-state index contributed by atoms with van der Waals surface area (Å²) in [7, 11) is 0. The highest BCUT2D eigenvalue weighted by atomic mass is 35.5. The SMILES string of the molecule is O=CNc1cc(Cl)n(-c2ccc(Cl)cc2)n1. The Kier molecular flexibility index (Phi) is 3.12. The normalized spacial score (nSPS) is 10.1. The number of aromatic nitrogens is 2. The van der Waals surface area contributed by atoms with Crippen molar-refractivity contribution >= 4 is 35.4 Å². The van der Waals surface area contributed by atoms with E-state index in [0.29, 0.717) is 22.4 Å². The van der Waals surface area contributed by atoms with Crippen LogP contribution >= 0.6 is 23.2 Å². The average molecular weight is 256 g/mol. The molecule has 4 nitrogen and oxygen atoms in total. The molecule has 2 rings (SSSR count). The number of amides is 1. The number of halogens is 2. The molecule has 82 valence electrons. The molecular weight excluding hydrogens is 249 g/mol. The molecule has 0 radical (unpaired) electrons. The number of carbonyl (C=O) groups is 1. The van der Waals surface area contributed by atoms with Crippen molar-refractivity contribution in [2.24, 2.45) is 0 Å². The van der Waals surface area contributed by atoms with Crippen LogP contribution in [0.5, 0.6) is 0 Å². The first-order chi connectivity index (χ1) is 7.70. The Bertz CT molecular complexity index is 507. The largest absolute Gasteiger partial charge is 0.312 e. The lowest BCUT2D eigenvalue weighted by molar-refractivity contribution is -0.105. The molecule has 0 saturated heterocycles. The Morgan fingerprint density at radius 1 is 1.25 bits per heavy atom. The zero-order valence-electron chi connectivity index (χ0n) is 8.02. The molecule has 1 aromatic heterocycles. The molecule has 0 aliphatic carbocycles. The maximum absolute atomic E-state index is 10.3. The summed E-state index contributed by atoms with van der Waals surface area (Å²) in [5, 5.41) is 7.57. The molecule has 0 spiro atoms. The minimum atomic E-state index is 0.398. The lowest BCUT2D eigenvalue weighted by atomic mass is 10.3. The van der Waals surface area contributed by atoms with Gasteiger partial charge in [0.25, 0.3) is 0 Å². The van der Waals surface area contributed by atoms with E-state index in [2.05, 4.69) is 10.4 Å². The Labute approximate surface area is 102 Å². The zero-order chi connectivity index (χ0) is 11.5. The fourth-order valence-electron chi connectivity index (χ4n) is 1.25. The smallest absolute Gasteiger partial charge is 0.212 e. The molecule has 0 fully saturated rings. The van der Waals surface area contributed by atoms with Gasteiger partial charge in [-0.15, -0.1) is 5.10 Å². The van der Waals surface area contributed by atoms with Gasteiger partial charge in [0.15, 0.2) is 5.82 Å². The van der Waals surface area contributed by atoms with Crippen molar-refractivity contribution in [1.82, 2.24) is 9.78 Å². The van der Waals surface area contributed by atoms with Gasteiger partial charge in [0, 0.05) is 11.1 Å². The van der Waals surface area contributed by atoms with E-state index < -0.39 is 0 Å². The van der Waals surface area contributed by atoms with E-state index in [1.165, 1.54) is 4.68 Å². The lowest BCUT2D eigenvalue weighted by Gasteiger charge is -2.02. The standard InChI is InChI=1S/C10H7Cl2N3O/c11-7-1-3-8(4-2-7)15-9(12)5-10(14-15)13-6-16/h1-6H,(H,13,14,16). The van der Waals surface area contributed by atoms with E-state index in [9.17, 15) is 4.79 Å². The first-order valence-electron chi connectivity index (χ1n) is 4.42. The molecule has 1 heterocycles. The summed E-state index contributed by atoms with van der Waals surface area (Å²) >= 11 is 11.7. The molecule has 0 atom stereocenters. The fraction of sp³-hybridized carbons (Fsp3) is 0. The Morgan fingerprint density at radius 2 is 1.94 bits per heavy atom. The number of carbonyl (C=O) groups excluding carboxylic acids is 1. The number of hydrogen-bond donors (Lipinski definition) is 1. The van der Waals surface area contributed by atoms with Gasteiger partial charge in [0.2, 0.25) is 6.41 Å². The lowest BCUT2D eigenvalue weighted by Crippen LogP contribution is -1.99. The first-order valence-corrected chi connectivity index (χ1v) is 5.18. The van der Waals surface area contributed by atoms with Crippen molar-refractivity contribution in [2.75, 3.05) is 5.32 Å². The van der Waals surface area contributed by atoms with Crippen molar-refractivity contribution in [3.63, 3.8) is 0 Å². The van der Waals surface area contributed by atoms with Crippen LogP contribution in [0.2, 0.25) is 10.2 Å². The summed E-state index contributed by atoms with van der Waals surface area (Å²) in [5.41, 5.74) is 0.772. The Morgan fingerprint density at radius 3 is 2.56 bits per heavy atom. The fourth-order valence-corrected chi connectivity index (χ4v) is 1.62. The summed E-state index contributed by atoms with van der Waals surface area (Å²) in [6.45, 7) is 0. The average Bonchev–Trinajstić information content (AvgIpc) is 2.61. The molecule has 0 bridgehead atoms. The van der Waals surface area contributed by atoms with Crippen LogP contribution in [0, 0.1) is 0 Å². The Balaban J connectivity index is 2.39. The van der Waals surface area contributed by atoms with E-state index in [1.54, 1.807) is 30.3 Å². The van der Waals surface area contributed by atoms with Gasteiger partial charge in [0.1, 0.15) is 5.15 Å². The maximum Gasteiger partial charge on any atom is 0.212 e. The first kappa shape index (κ1) is 11.0. The van der Waals surface area contributed by atoms with Gasteiger partial charge in [-0.25, -0.2) is 4.68 Å². The zero-order valence-corrected chi connectivity index (χ0v) is 9.53. The van der Waals surface area contributed by atoms with E-state index >= 15 is 0 Å². The van der Waals surface area contributed by atoms with Crippen molar-refractivity contribution < 1.29 is 4.79 Å².